The maximum Gasteiger partial charge on any atom is 0.256 e. The van der Waals surface area contributed by atoms with Crippen molar-refractivity contribution in [3.05, 3.63) is 53.7 Å². The van der Waals surface area contributed by atoms with E-state index in [0.29, 0.717) is 22.7 Å². The van der Waals surface area contributed by atoms with E-state index in [-0.39, 0.29) is 12.5 Å². The third-order valence-corrected chi connectivity index (χ3v) is 2.65. The SMILES string of the molecule is COc1ccc(C(=O)Nc2ncccc2CO)cc1. The second kappa shape index (κ2) is 5.97. The van der Waals surface area contributed by atoms with Crippen LogP contribution >= 0.6 is 0 Å². The van der Waals surface area contributed by atoms with Crippen molar-refractivity contribution in [1.29, 1.82) is 0 Å². The fourth-order valence-electron chi connectivity index (χ4n) is 1.60. The van der Waals surface area contributed by atoms with Gasteiger partial charge < -0.3 is 15.2 Å². The Hall–Kier alpha value is -2.40. The summed E-state index contributed by atoms with van der Waals surface area (Å²) in [6.07, 6.45) is 1.56. The molecular formula is C14H14N2O3. The number of nitrogens with zero attached hydrogens (tertiary/aromatic N) is 1. The second-order valence-electron chi connectivity index (χ2n) is 3.85. The number of amides is 1. The number of pyridine rings is 1. The molecule has 2 rings (SSSR count). The Morgan fingerprint density at radius 1 is 1.32 bits per heavy atom. The van der Waals surface area contributed by atoms with Crippen LogP contribution in [0.4, 0.5) is 5.82 Å². The van der Waals surface area contributed by atoms with Gasteiger partial charge in [-0.2, -0.15) is 0 Å². The maximum atomic E-state index is 12.0. The zero-order valence-corrected chi connectivity index (χ0v) is 10.5. The van der Waals surface area contributed by atoms with Crippen molar-refractivity contribution in [1.82, 2.24) is 4.98 Å². The minimum absolute atomic E-state index is 0.175. The number of anilines is 1. The molecule has 5 heteroatoms. The predicted molar refractivity (Wildman–Crippen MR) is 71.1 cm³/mol. The molecule has 98 valence electrons. The minimum atomic E-state index is -0.281. The molecule has 0 spiro atoms. The lowest BCUT2D eigenvalue weighted by atomic mass is 10.2. The van der Waals surface area contributed by atoms with E-state index in [1.807, 2.05) is 0 Å². The fourth-order valence-corrected chi connectivity index (χ4v) is 1.60. The molecule has 1 aromatic carbocycles. The molecule has 5 nitrogen and oxygen atoms in total. The lowest BCUT2D eigenvalue weighted by Gasteiger charge is -2.08. The number of hydrogen-bond acceptors (Lipinski definition) is 4. The highest BCUT2D eigenvalue weighted by Crippen LogP contribution is 2.15. The summed E-state index contributed by atoms with van der Waals surface area (Å²) in [6.45, 7) is -0.175. The van der Waals surface area contributed by atoms with E-state index in [1.165, 1.54) is 0 Å². The topological polar surface area (TPSA) is 71.5 Å². The molecular weight excluding hydrogens is 244 g/mol. The van der Waals surface area contributed by atoms with E-state index in [2.05, 4.69) is 10.3 Å². The summed E-state index contributed by atoms with van der Waals surface area (Å²) in [5.41, 5.74) is 1.07. The standard InChI is InChI=1S/C14H14N2O3/c1-19-12-6-4-10(5-7-12)14(18)16-13-11(9-17)3-2-8-15-13/h2-8,17H,9H2,1H3,(H,15,16,18). The first-order valence-corrected chi connectivity index (χ1v) is 5.74. The number of aliphatic hydroxyl groups excluding tert-OH is 1. The molecule has 2 aromatic rings. The monoisotopic (exact) mass is 258 g/mol. The van der Waals surface area contributed by atoms with Gasteiger partial charge >= 0.3 is 0 Å². The van der Waals surface area contributed by atoms with Crippen LogP contribution in [0.2, 0.25) is 0 Å². The normalized spacial score (nSPS) is 10.0. The molecule has 0 saturated heterocycles. The first kappa shape index (κ1) is 13.0. The van der Waals surface area contributed by atoms with E-state index in [0.717, 1.165) is 0 Å². The van der Waals surface area contributed by atoms with Crippen LogP contribution in [0, 0.1) is 0 Å². The number of ether oxygens (including phenoxy) is 1. The Morgan fingerprint density at radius 2 is 2.05 bits per heavy atom. The quantitative estimate of drug-likeness (QED) is 0.877. The van der Waals surface area contributed by atoms with Crippen molar-refractivity contribution in [3.63, 3.8) is 0 Å². The van der Waals surface area contributed by atoms with Crippen molar-refractivity contribution in [2.24, 2.45) is 0 Å². The number of hydrogen-bond donors (Lipinski definition) is 2. The average Bonchev–Trinajstić information content (AvgIpc) is 2.48. The third kappa shape index (κ3) is 3.08. The van der Waals surface area contributed by atoms with E-state index < -0.39 is 0 Å². The number of aliphatic hydroxyl groups is 1. The second-order valence-corrected chi connectivity index (χ2v) is 3.85. The van der Waals surface area contributed by atoms with E-state index in [4.69, 9.17) is 9.84 Å². The molecule has 2 N–H and O–H groups in total. The summed E-state index contributed by atoms with van der Waals surface area (Å²) >= 11 is 0. The molecule has 0 aliphatic carbocycles. The first-order valence-electron chi connectivity index (χ1n) is 5.74. The number of aromatic nitrogens is 1. The van der Waals surface area contributed by atoms with Crippen LogP contribution in [-0.2, 0) is 6.61 Å². The number of rotatable bonds is 4. The van der Waals surface area contributed by atoms with Gasteiger partial charge in [-0.3, -0.25) is 4.79 Å². The van der Waals surface area contributed by atoms with Crippen molar-refractivity contribution in [2.75, 3.05) is 12.4 Å². The van der Waals surface area contributed by atoms with Gasteiger partial charge in [0.15, 0.2) is 0 Å². The molecule has 0 saturated carbocycles. The van der Waals surface area contributed by atoms with Gasteiger partial charge in [0.1, 0.15) is 11.6 Å². The largest absolute Gasteiger partial charge is 0.497 e. The molecule has 0 bridgehead atoms. The van der Waals surface area contributed by atoms with Gasteiger partial charge in [0.25, 0.3) is 5.91 Å². The van der Waals surface area contributed by atoms with Gasteiger partial charge in [0, 0.05) is 17.3 Å². The van der Waals surface area contributed by atoms with E-state index >= 15 is 0 Å². The van der Waals surface area contributed by atoms with Crippen LogP contribution < -0.4 is 10.1 Å². The summed E-state index contributed by atoms with van der Waals surface area (Å²) in [7, 11) is 1.57. The zero-order valence-electron chi connectivity index (χ0n) is 10.5. The predicted octanol–water partition coefficient (Wildman–Crippen LogP) is 1.83. The highest BCUT2D eigenvalue weighted by atomic mass is 16.5. The maximum absolute atomic E-state index is 12.0. The van der Waals surface area contributed by atoms with Crippen molar-refractivity contribution in [3.8, 4) is 5.75 Å². The Balaban J connectivity index is 2.16. The highest BCUT2D eigenvalue weighted by Gasteiger charge is 2.09. The Kier molecular flexibility index (Phi) is 4.10. The van der Waals surface area contributed by atoms with Crippen LogP contribution in [0.3, 0.4) is 0 Å². The van der Waals surface area contributed by atoms with Crippen molar-refractivity contribution >= 4 is 11.7 Å². The molecule has 1 heterocycles. The molecule has 0 unspecified atom stereocenters. The molecule has 19 heavy (non-hydrogen) atoms. The zero-order chi connectivity index (χ0) is 13.7. The molecule has 1 amide bonds. The Labute approximate surface area is 110 Å². The molecule has 0 aliphatic heterocycles. The molecule has 1 aromatic heterocycles. The number of carbonyl (C=O) groups excluding carboxylic acids is 1. The van der Waals surface area contributed by atoms with Gasteiger partial charge in [-0.1, -0.05) is 6.07 Å². The van der Waals surface area contributed by atoms with Gasteiger partial charge in [-0.15, -0.1) is 0 Å². The first-order chi connectivity index (χ1) is 9.24. The highest BCUT2D eigenvalue weighted by molar-refractivity contribution is 6.04. The number of carbonyl (C=O) groups is 1. The Morgan fingerprint density at radius 3 is 2.68 bits per heavy atom. The summed E-state index contributed by atoms with van der Waals surface area (Å²) in [5.74, 6) is 0.771. The average molecular weight is 258 g/mol. The van der Waals surface area contributed by atoms with Crippen LogP contribution in [0.1, 0.15) is 15.9 Å². The van der Waals surface area contributed by atoms with Crippen LogP contribution in [-0.4, -0.2) is 23.1 Å². The molecule has 0 radical (unpaired) electrons. The molecule has 0 aliphatic rings. The number of methoxy groups -OCH3 is 1. The van der Waals surface area contributed by atoms with Gasteiger partial charge in [0.2, 0.25) is 0 Å². The van der Waals surface area contributed by atoms with Gasteiger partial charge in [-0.25, -0.2) is 4.98 Å². The summed E-state index contributed by atoms with van der Waals surface area (Å²) < 4.78 is 5.03. The summed E-state index contributed by atoms with van der Waals surface area (Å²) in [5, 5.41) is 11.8. The molecule has 0 fully saturated rings. The van der Waals surface area contributed by atoms with Gasteiger partial charge in [-0.05, 0) is 30.3 Å². The molecule has 0 atom stereocenters. The lowest BCUT2D eigenvalue weighted by Crippen LogP contribution is -2.14. The third-order valence-electron chi connectivity index (χ3n) is 2.65. The number of benzene rings is 1. The smallest absolute Gasteiger partial charge is 0.256 e. The van der Waals surface area contributed by atoms with Crippen molar-refractivity contribution in [2.45, 2.75) is 6.61 Å². The van der Waals surface area contributed by atoms with Crippen LogP contribution in [0.15, 0.2) is 42.6 Å². The van der Waals surface area contributed by atoms with Crippen LogP contribution in [0.5, 0.6) is 5.75 Å². The lowest BCUT2D eigenvalue weighted by molar-refractivity contribution is 0.102. The Bertz CT molecular complexity index is 567. The van der Waals surface area contributed by atoms with E-state index in [1.54, 1.807) is 49.7 Å². The van der Waals surface area contributed by atoms with Crippen LogP contribution in [0.25, 0.3) is 0 Å². The van der Waals surface area contributed by atoms with E-state index in [9.17, 15) is 4.79 Å². The fraction of sp³-hybridized carbons (Fsp3) is 0.143. The summed E-state index contributed by atoms with van der Waals surface area (Å²) in [4.78, 5) is 16.0. The minimum Gasteiger partial charge on any atom is -0.497 e. The number of nitrogens with one attached hydrogen (secondary N) is 1. The van der Waals surface area contributed by atoms with Gasteiger partial charge in [0.05, 0.1) is 13.7 Å². The summed E-state index contributed by atoms with van der Waals surface area (Å²) in [6, 6.07) is 10.2. The van der Waals surface area contributed by atoms with Crippen molar-refractivity contribution < 1.29 is 14.6 Å².